The minimum atomic E-state index is 0.530. The summed E-state index contributed by atoms with van der Waals surface area (Å²) < 4.78 is 0. The second-order valence-electron chi connectivity index (χ2n) is 5.83. The molecule has 0 bridgehead atoms. The summed E-state index contributed by atoms with van der Waals surface area (Å²) in [4.78, 5) is 0. The average molecular weight is 252 g/mol. The summed E-state index contributed by atoms with van der Waals surface area (Å²) in [7, 11) is 0. The molecule has 1 aliphatic carbocycles. The van der Waals surface area contributed by atoms with Crippen molar-refractivity contribution in [1.29, 1.82) is 0 Å². The molecule has 1 aromatic carbocycles. The quantitative estimate of drug-likeness (QED) is 0.809. The van der Waals surface area contributed by atoms with E-state index in [2.05, 4.69) is 31.3 Å². The van der Waals surface area contributed by atoms with E-state index in [1.807, 2.05) is 12.1 Å². The lowest BCUT2D eigenvalue weighted by atomic mass is 9.96. The normalized spacial score (nSPS) is 17.4. The van der Waals surface area contributed by atoms with Gasteiger partial charge in [0.25, 0.3) is 0 Å². The van der Waals surface area contributed by atoms with Gasteiger partial charge in [-0.25, -0.2) is 0 Å². The monoisotopic (exact) mass is 251 g/mol. The first-order valence-corrected chi connectivity index (χ1v) is 6.93. The Balaban J connectivity index is 1.83. The number of hydrogen-bond donors (Lipinski definition) is 1. The van der Waals surface area contributed by atoms with Crippen molar-refractivity contribution in [3.05, 3.63) is 34.9 Å². The van der Waals surface area contributed by atoms with Crippen LogP contribution in [0.5, 0.6) is 0 Å². The van der Waals surface area contributed by atoms with Crippen molar-refractivity contribution < 1.29 is 0 Å². The van der Waals surface area contributed by atoms with Crippen LogP contribution < -0.4 is 5.32 Å². The van der Waals surface area contributed by atoms with Gasteiger partial charge >= 0.3 is 0 Å². The van der Waals surface area contributed by atoms with Crippen molar-refractivity contribution in [3.8, 4) is 0 Å². The molecule has 1 aliphatic rings. The average Bonchev–Trinajstić information content (AvgIpc) is 3.01. The van der Waals surface area contributed by atoms with Crippen molar-refractivity contribution in [2.45, 2.75) is 33.1 Å². The smallest absolute Gasteiger partial charge is 0.0406 e. The fourth-order valence-electron chi connectivity index (χ4n) is 2.25. The Hall–Kier alpha value is -0.530. The van der Waals surface area contributed by atoms with Crippen LogP contribution in [0, 0.1) is 11.3 Å². The zero-order valence-corrected chi connectivity index (χ0v) is 11.6. The summed E-state index contributed by atoms with van der Waals surface area (Å²) in [6.45, 7) is 6.80. The van der Waals surface area contributed by atoms with Crippen LogP contribution in [0.4, 0.5) is 0 Å². The Labute approximate surface area is 110 Å². The highest BCUT2D eigenvalue weighted by molar-refractivity contribution is 6.30. The van der Waals surface area contributed by atoms with E-state index in [4.69, 9.17) is 11.6 Å². The molecule has 0 spiro atoms. The summed E-state index contributed by atoms with van der Waals surface area (Å²) in [5.74, 6) is 0.737. The molecule has 0 heterocycles. The van der Waals surface area contributed by atoms with Gasteiger partial charge in [-0.2, -0.15) is 0 Å². The maximum Gasteiger partial charge on any atom is 0.0406 e. The first-order chi connectivity index (χ1) is 8.10. The SMILES string of the molecule is CC(C)CNCC1(Cc2ccc(Cl)cc2)CC1. The van der Waals surface area contributed by atoms with Gasteiger partial charge in [0.1, 0.15) is 0 Å². The van der Waals surface area contributed by atoms with Crippen LogP contribution in [0.3, 0.4) is 0 Å². The molecular formula is C15H22ClN. The molecule has 0 amide bonds. The van der Waals surface area contributed by atoms with Gasteiger partial charge in [-0.05, 0) is 54.8 Å². The molecule has 1 saturated carbocycles. The summed E-state index contributed by atoms with van der Waals surface area (Å²) in [6.07, 6.45) is 3.91. The third-order valence-electron chi connectivity index (χ3n) is 3.50. The van der Waals surface area contributed by atoms with Gasteiger partial charge in [-0.15, -0.1) is 0 Å². The van der Waals surface area contributed by atoms with Crippen LogP contribution in [0.1, 0.15) is 32.3 Å². The van der Waals surface area contributed by atoms with E-state index in [0.717, 1.165) is 24.0 Å². The molecule has 1 aromatic rings. The molecule has 94 valence electrons. The topological polar surface area (TPSA) is 12.0 Å². The van der Waals surface area contributed by atoms with E-state index in [-0.39, 0.29) is 0 Å². The Morgan fingerprint density at radius 2 is 1.88 bits per heavy atom. The molecule has 17 heavy (non-hydrogen) atoms. The van der Waals surface area contributed by atoms with Crippen LogP contribution in [0.25, 0.3) is 0 Å². The molecule has 0 aromatic heterocycles. The number of halogens is 1. The first-order valence-electron chi connectivity index (χ1n) is 6.55. The summed E-state index contributed by atoms with van der Waals surface area (Å²) >= 11 is 5.90. The third kappa shape index (κ3) is 4.01. The van der Waals surface area contributed by atoms with Crippen LogP contribution in [0.15, 0.2) is 24.3 Å². The molecule has 1 nitrogen and oxygen atoms in total. The van der Waals surface area contributed by atoms with Crippen molar-refractivity contribution in [1.82, 2.24) is 5.32 Å². The van der Waals surface area contributed by atoms with Gasteiger partial charge in [0, 0.05) is 11.6 Å². The second-order valence-corrected chi connectivity index (χ2v) is 6.26. The van der Waals surface area contributed by atoms with Gasteiger partial charge in [-0.3, -0.25) is 0 Å². The zero-order valence-electron chi connectivity index (χ0n) is 10.8. The van der Waals surface area contributed by atoms with Gasteiger partial charge in [0.2, 0.25) is 0 Å². The molecule has 0 radical (unpaired) electrons. The number of hydrogen-bond acceptors (Lipinski definition) is 1. The van der Waals surface area contributed by atoms with Crippen LogP contribution in [0.2, 0.25) is 5.02 Å². The highest BCUT2D eigenvalue weighted by Crippen LogP contribution is 2.47. The standard InChI is InChI=1S/C15H22ClN/c1-12(2)10-17-11-15(7-8-15)9-13-3-5-14(16)6-4-13/h3-6,12,17H,7-11H2,1-2H3. The van der Waals surface area contributed by atoms with Crippen LogP contribution in [-0.4, -0.2) is 13.1 Å². The Morgan fingerprint density at radius 3 is 2.41 bits per heavy atom. The van der Waals surface area contributed by atoms with E-state index in [0.29, 0.717) is 5.41 Å². The lowest BCUT2D eigenvalue weighted by molar-refractivity contribution is 0.432. The van der Waals surface area contributed by atoms with Crippen LogP contribution >= 0.6 is 11.6 Å². The van der Waals surface area contributed by atoms with Gasteiger partial charge in [-0.1, -0.05) is 37.6 Å². The highest BCUT2D eigenvalue weighted by Gasteiger charge is 2.41. The maximum atomic E-state index is 5.90. The minimum absolute atomic E-state index is 0.530. The third-order valence-corrected chi connectivity index (χ3v) is 3.75. The molecule has 1 N–H and O–H groups in total. The predicted octanol–water partition coefficient (Wildman–Crippen LogP) is 3.91. The van der Waals surface area contributed by atoms with Crippen molar-refractivity contribution >= 4 is 11.6 Å². The highest BCUT2D eigenvalue weighted by atomic mass is 35.5. The van der Waals surface area contributed by atoms with E-state index in [1.54, 1.807) is 0 Å². The van der Waals surface area contributed by atoms with E-state index in [9.17, 15) is 0 Å². The van der Waals surface area contributed by atoms with Crippen molar-refractivity contribution in [2.24, 2.45) is 11.3 Å². The van der Waals surface area contributed by atoms with Gasteiger partial charge in [0.05, 0.1) is 0 Å². The van der Waals surface area contributed by atoms with Crippen LogP contribution in [-0.2, 0) is 6.42 Å². The van der Waals surface area contributed by atoms with E-state index in [1.165, 1.54) is 24.8 Å². The minimum Gasteiger partial charge on any atom is -0.316 e. The number of benzene rings is 1. The van der Waals surface area contributed by atoms with E-state index < -0.39 is 0 Å². The van der Waals surface area contributed by atoms with Crippen molar-refractivity contribution in [3.63, 3.8) is 0 Å². The Bertz CT molecular complexity index is 352. The fourth-order valence-corrected chi connectivity index (χ4v) is 2.38. The number of nitrogens with one attached hydrogen (secondary N) is 1. The molecular weight excluding hydrogens is 230 g/mol. The Kier molecular flexibility index (Phi) is 4.11. The zero-order chi connectivity index (χ0) is 12.3. The molecule has 1 fully saturated rings. The summed E-state index contributed by atoms with van der Waals surface area (Å²) in [5.41, 5.74) is 1.95. The Morgan fingerprint density at radius 1 is 1.24 bits per heavy atom. The fraction of sp³-hybridized carbons (Fsp3) is 0.600. The lowest BCUT2D eigenvalue weighted by Gasteiger charge is -2.17. The van der Waals surface area contributed by atoms with Gasteiger partial charge < -0.3 is 5.32 Å². The van der Waals surface area contributed by atoms with Crippen molar-refractivity contribution in [2.75, 3.05) is 13.1 Å². The first kappa shape index (κ1) is 12.9. The lowest BCUT2D eigenvalue weighted by Crippen LogP contribution is -2.28. The summed E-state index contributed by atoms with van der Waals surface area (Å²) in [5, 5.41) is 4.42. The maximum absolute atomic E-state index is 5.90. The molecule has 0 atom stereocenters. The molecule has 0 saturated heterocycles. The predicted molar refractivity (Wildman–Crippen MR) is 74.5 cm³/mol. The molecule has 0 unspecified atom stereocenters. The van der Waals surface area contributed by atoms with Gasteiger partial charge in [0.15, 0.2) is 0 Å². The number of rotatable bonds is 6. The largest absolute Gasteiger partial charge is 0.316 e. The molecule has 2 rings (SSSR count). The van der Waals surface area contributed by atoms with E-state index >= 15 is 0 Å². The second kappa shape index (κ2) is 5.41. The molecule has 2 heteroatoms. The summed E-state index contributed by atoms with van der Waals surface area (Å²) in [6, 6.07) is 8.30. The molecule has 0 aliphatic heterocycles.